The molecule has 0 radical (unpaired) electrons. The molecule has 0 bridgehead atoms. The van der Waals surface area contributed by atoms with Crippen LogP contribution in [0.5, 0.6) is 11.5 Å². The summed E-state index contributed by atoms with van der Waals surface area (Å²) in [6, 6.07) is 15.1. The molecule has 0 aliphatic heterocycles. The first kappa shape index (κ1) is 20.3. The van der Waals surface area contributed by atoms with Crippen molar-refractivity contribution in [2.24, 2.45) is 0 Å². The van der Waals surface area contributed by atoms with Crippen LogP contribution in [0.3, 0.4) is 0 Å². The number of H-pyrrole nitrogens is 1. The fraction of sp³-hybridized carbons (Fsp3) is 0.0909. The van der Waals surface area contributed by atoms with Crippen molar-refractivity contribution in [3.8, 4) is 22.9 Å². The van der Waals surface area contributed by atoms with Gasteiger partial charge in [0, 0.05) is 16.8 Å². The molecule has 0 fully saturated rings. The zero-order valence-electron chi connectivity index (χ0n) is 16.2. The number of nitrogens with one attached hydrogen (secondary N) is 2. The Balaban J connectivity index is 1.51. The van der Waals surface area contributed by atoms with Gasteiger partial charge in [-0.15, -0.1) is 0 Å². The zero-order chi connectivity index (χ0) is 22.0. The predicted octanol–water partition coefficient (Wildman–Crippen LogP) is 5.23. The maximum Gasteiger partial charge on any atom is 0.387 e. The summed E-state index contributed by atoms with van der Waals surface area (Å²) in [4.78, 5) is 20.0. The van der Waals surface area contributed by atoms with Gasteiger partial charge >= 0.3 is 6.61 Å². The Hall–Kier alpha value is -4.01. The summed E-state index contributed by atoms with van der Waals surface area (Å²) in [5.41, 5.74) is 2.57. The van der Waals surface area contributed by atoms with Crippen LogP contribution in [-0.2, 0) is 0 Å². The first-order valence-corrected chi connectivity index (χ1v) is 9.13. The van der Waals surface area contributed by atoms with Crippen LogP contribution in [0.1, 0.15) is 10.4 Å². The number of carbonyl (C=O) groups excluding carboxylic acids is 1. The molecule has 0 spiro atoms. The van der Waals surface area contributed by atoms with E-state index in [1.807, 2.05) is 0 Å². The van der Waals surface area contributed by atoms with Crippen LogP contribution >= 0.6 is 0 Å². The number of hydrogen-bond acceptors (Lipinski definition) is 4. The number of hydrogen-bond donors (Lipinski definition) is 2. The number of amides is 1. The fourth-order valence-corrected chi connectivity index (χ4v) is 3.04. The lowest BCUT2D eigenvalue weighted by Gasteiger charge is -2.12. The number of ether oxygens (including phenoxy) is 2. The first-order chi connectivity index (χ1) is 14.9. The monoisotopic (exact) mass is 427 g/mol. The summed E-state index contributed by atoms with van der Waals surface area (Å²) in [6.45, 7) is -3.05. The van der Waals surface area contributed by atoms with Gasteiger partial charge in [-0.2, -0.15) is 8.78 Å². The highest BCUT2D eigenvalue weighted by Gasteiger charge is 2.15. The molecular formula is C22H16F3N3O3. The highest BCUT2D eigenvalue weighted by Crippen LogP contribution is 2.30. The average molecular weight is 427 g/mol. The number of anilines is 1. The summed E-state index contributed by atoms with van der Waals surface area (Å²) in [5, 5.41) is 2.69. The second-order valence-corrected chi connectivity index (χ2v) is 6.52. The Bertz CT molecular complexity index is 1240. The lowest BCUT2D eigenvalue weighted by molar-refractivity contribution is -0.0512. The minimum absolute atomic E-state index is 0.0897. The summed E-state index contributed by atoms with van der Waals surface area (Å²) >= 11 is 0. The molecule has 0 atom stereocenters. The molecule has 2 N–H and O–H groups in total. The fourth-order valence-electron chi connectivity index (χ4n) is 3.04. The van der Waals surface area contributed by atoms with Crippen LogP contribution in [0, 0.1) is 5.82 Å². The number of nitrogens with zero attached hydrogens (tertiary/aromatic N) is 1. The Morgan fingerprint density at radius 2 is 1.81 bits per heavy atom. The molecule has 1 aromatic heterocycles. The molecule has 31 heavy (non-hydrogen) atoms. The van der Waals surface area contributed by atoms with Gasteiger partial charge in [0.05, 0.1) is 18.1 Å². The van der Waals surface area contributed by atoms with E-state index in [-0.39, 0.29) is 22.9 Å². The van der Waals surface area contributed by atoms with Crippen molar-refractivity contribution in [3.63, 3.8) is 0 Å². The molecule has 3 aromatic carbocycles. The van der Waals surface area contributed by atoms with E-state index in [1.54, 1.807) is 30.3 Å². The Labute approximate surface area is 174 Å². The third-order valence-corrected chi connectivity index (χ3v) is 4.50. The largest absolute Gasteiger partial charge is 0.493 e. The van der Waals surface area contributed by atoms with Gasteiger partial charge in [0.1, 0.15) is 11.6 Å². The molecule has 1 heterocycles. The zero-order valence-corrected chi connectivity index (χ0v) is 16.2. The third kappa shape index (κ3) is 4.45. The van der Waals surface area contributed by atoms with E-state index >= 15 is 0 Å². The number of benzene rings is 3. The van der Waals surface area contributed by atoms with Crippen LogP contribution in [0.25, 0.3) is 22.4 Å². The van der Waals surface area contributed by atoms with Crippen LogP contribution in [0.4, 0.5) is 18.9 Å². The van der Waals surface area contributed by atoms with Gasteiger partial charge in [0.2, 0.25) is 0 Å². The molecule has 0 saturated carbocycles. The Morgan fingerprint density at radius 1 is 1.03 bits per heavy atom. The van der Waals surface area contributed by atoms with Crippen molar-refractivity contribution in [3.05, 3.63) is 72.0 Å². The molecule has 0 aliphatic carbocycles. The lowest BCUT2D eigenvalue weighted by Crippen LogP contribution is -2.12. The van der Waals surface area contributed by atoms with Gasteiger partial charge in [0.25, 0.3) is 5.91 Å². The molecule has 0 aliphatic rings. The van der Waals surface area contributed by atoms with E-state index < -0.39 is 12.5 Å². The summed E-state index contributed by atoms with van der Waals surface area (Å²) in [5.74, 6) is -0.453. The first-order valence-electron chi connectivity index (χ1n) is 9.13. The second-order valence-electron chi connectivity index (χ2n) is 6.52. The highest BCUT2D eigenvalue weighted by atomic mass is 19.3. The van der Waals surface area contributed by atoms with Crippen molar-refractivity contribution < 1.29 is 27.4 Å². The van der Waals surface area contributed by atoms with Gasteiger partial charge in [0.15, 0.2) is 11.5 Å². The average Bonchev–Trinajstić information content (AvgIpc) is 3.17. The summed E-state index contributed by atoms with van der Waals surface area (Å²) in [7, 11) is 1.31. The standard InChI is InChI=1S/C22H16F3N3O3/c1-30-18-9-4-13(10-19(18)31-22(24)25)21(29)26-15-6-2-12(3-7-15)20-27-16-8-5-14(23)11-17(16)28-20/h2-11,22H,1H3,(H,26,29)(H,27,28). The number of methoxy groups -OCH3 is 1. The molecule has 9 heteroatoms. The minimum Gasteiger partial charge on any atom is -0.493 e. The van der Waals surface area contributed by atoms with E-state index in [4.69, 9.17) is 4.74 Å². The number of carbonyl (C=O) groups is 1. The number of rotatable bonds is 6. The summed E-state index contributed by atoms with van der Waals surface area (Å²) < 4.78 is 47.9. The Morgan fingerprint density at radius 3 is 2.52 bits per heavy atom. The van der Waals surface area contributed by atoms with Crippen molar-refractivity contribution in [2.75, 3.05) is 12.4 Å². The molecule has 0 saturated heterocycles. The number of fused-ring (bicyclic) bond motifs is 1. The maximum atomic E-state index is 13.4. The molecule has 158 valence electrons. The van der Waals surface area contributed by atoms with E-state index in [1.165, 1.54) is 37.4 Å². The molecule has 1 amide bonds. The van der Waals surface area contributed by atoms with Crippen molar-refractivity contribution >= 4 is 22.6 Å². The van der Waals surface area contributed by atoms with E-state index in [0.717, 1.165) is 5.56 Å². The maximum absolute atomic E-state index is 13.4. The highest BCUT2D eigenvalue weighted by molar-refractivity contribution is 6.04. The van der Waals surface area contributed by atoms with Crippen molar-refractivity contribution in [2.45, 2.75) is 6.61 Å². The number of aromatic nitrogens is 2. The quantitative estimate of drug-likeness (QED) is 0.442. The second kappa shape index (κ2) is 8.39. The molecular weight excluding hydrogens is 411 g/mol. The van der Waals surface area contributed by atoms with E-state index in [9.17, 15) is 18.0 Å². The number of aromatic amines is 1. The van der Waals surface area contributed by atoms with Crippen LogP contribution < -0.4 is 14.8 Å². The number of alkyl halides is 2. The third-order valence-electron chi connectivity index (χ3n) is 4.50. The minimum atomic E-state index is -3.05. The van der Waals surface area contributed by atoms with Crippen molar-refractivity contribution in [1.82, 2.24) is 9.97 Å². The Kier molecular flexibility index (Phi) is 5.48. The molecule has 0 unspecified atom stereocenters. The van der Waals surface area contributed by atoms with Crippen LogP contribution in [-0.4, -0.2) is 29.6 Å². The van der Waals surface area contributed by atoms with Crippen LogP contribution in [0.15, 0.2) is 60.7 Å². The van der Waals surface area contributed by atoms with Gasteiger partial charge in [-0.1, -0.05) is 0 Å². The number of halogens is 3. The van der Waals surface area contributed by atoms with Crippen molar-refractivity contribution in [1.29, 1.82) is 0 Å². The van der Waals surface area contributed by atoms with E-state index in [2.05, 4.69) is 20.0 Å². The van der Waals surface area contributed by atoms with E-state index in [0.29, 0.717) is 22.5 Å². The smallest absolute Gasteiger partial charge is 0.387 e. The summed E-state index contributed by atoms with van der Waals surface area (Å²) in [6.07, 6.45) is 0. The van der Waals surface area contributed by atoms with Gasteiger partial charge < -0.3 is 19.8 Å². The molecule has 6 nitrogen and oxygen atoms in total. The molecule has 4 rings (SSSR count). The topological polar surface area (TPSA) is 76.2 Å². The van der Waals surface area contributed by atoms with Gasteiger partial charge in [-0.25, -0.2) is 9.37 Å². The van der Waals surface area contributed by atoms with Gasteiger partial charge in [-0.3, -0.25) is 4.79 Å². The van der Waals surface area contributed by atoms with Crippen LogP contribution in [0.2, 0.25) is 0 Å². The number of imidazole rings is 1. The normalized spacial score (nSPS) is 11.0. The lowest BCUT2D eigenvalue weighted by atomic mass is 10.1. The van der Waals surface area contributed by atoms with Gasteiger partial charge in [-0.05, 0) is 60.7 Å². The predicted molar refractivity (Wildman–Crippen MR) is 109 cm³/mol. The SMILES string of the molecule is COc1ccc(C(=O)Nc2ccc(-c3nc4ccc(F)cc4[nH]3)cc2)cc1OC(F)F. The molecule has 4 aromatic rings.